The minimum Gasteiger partial charge on any atom is -0.484 e. The summed E-state index contributed by atoms with van der Waals surface area (Å²) >= 11 is 1.25. The Bertz CT molecular complexity index is 837. The largest absolute Gasteiger partial charge is 0.484 e. The number of ether oxygens (including phenoxy) is 2. The third kappa shape index (κ3) is 6.96. The number of nitrogens with two attached hydrogens (primary N) is 1. The second-order valence-electron chi connectivity index (χ2n) is 6.07. The van der Waals surface area contributed by atoms with Gasteiger partial charge in [0.25, 0.3) is 5.91 Å². The number of carbonyl (C=O) groups is 3. The number of hydrogen-bond acceptors (Lipinski definition) is 6. The second kappa shape index (κ2) is 10.4. The molecular weight excluding hydrogens is 380 g/mol. The maximum absolute atomic E-state index is 12.2. The third-order valence-electron chi connectivity index (χ3n) is 3.33. The summed E-state index contributed by atoms with van der Waals surface area (Å²) in [7, 11) is 0. The Kier molecular flexibility index (Phi) is 7.88. The number of esters is 1. The Balaban J connectivity index is 1.89. The van der Waals surface area contributed by atoms with E-state index >= 15 is 0 Å². The molecule has 2 aromatic rings. The van der Waals surface area contributed by atoms with Gasteiger partial charge in [0.2, 0.25) is 5.91 Å². The number of primary amides is 1. The SMILES string of the molecule is CC(C)OC(=O)c1ccc(OCC(=O)Nc2ccccc2SCC(N)=O)cc1. The van der Waals surface area contributed by atoms with E-state index in [-0.39, 0.29) is 24.4 Å². The molecule has 2 amide bonds. The Hall–Kier alpha value is -3.00. The van der Waals surface area contributed by atoms with Gasteiger partial charge in [0.15, 0.2) is 6.61 Å². The molecule has 0 aromatic heterocycles. The maximum Gasteiger partial charge on any atom is 0.338 e. The van der Waals surface area contributed by atoms with Crippen LogP contribution in [0.4, 0.5) is 5.69 Å². The van der Waals surface area contributed by atoms with Crippen LogP contribution in [0.3, 0.4) is 0 Å². The number of para-hydroxylation sites is 1. The van der Waals surface area contributed by atoms with Crippen molar-refractivity contribution in [3.63, 3.8) is 0 Å². The van der Waals surface area contributed by atoms with Crippen molar-refractivity contribution in [2.75, 3.05) is 17.7 Å². The lowest BCUT2D eigenvalue weighted by Crippen LogP contribution is -2.20. The highest BCUT2D eigenvalue weighted by molar-refractivity contribution is 8.00. The van der Waals surface area contributed by atoms with Gasteiger partial charge in [0, 0.05) is 4.90 Å². The van der Waals surface area contributed by atoms with Gasteiger partial charge in [-0.05, 0) is 50.2 Å². The van der Waals surface area contributed by atoms with E-state index in [1.165, 1.54) is 11.8 Å². The van der Waals surface area contributed by atoms with Crippen LogP contribution in [0.2, 0.25) is 0 Å². The zero-order valence-electron chi connectivity index (χ0n) is 15.6. The molecular formula is C20H22N2O5S. The van der Waals surface area contributed by atoms with Crippen LogP contribution in [0.25, 0.3) is 0 Å². The van der Waals surface area contributed by atoms with Gasteiger partial charge in [-0.1, -0.05) is 12.1 Å². The first-order valence-corrected chi connectivity index (χ1v) is 9.57. The van der Waals surface area contributed by atoms with Crippen LogP contribution in [-0.2, 0) is 14.3 Å². The highest BCUT2D eigenvalue weighted by Crippen LogP contribution is 2.26. The topological polar surface area (TPSA) is 108 Å². The first-order chi connectivity index (χ1) is 13.3. The van der Waals surface area contributed by atoms with Gasteiger partial charge in [0.1, 0.15) is 5.75 Å². The Morgan fingerprint density at radius 2 is 1.75 bits per heavy atom. The molecule has 7 nitrogen and oxygen atoms in total. The van der Waals surface area contributed by atoms with Crippen molar-refractivity contribution < 1.29 is 23.9 Å². The van der Waals surface area contributed by atoms with Crippen molar-refractivity contribution in [1.82, 2.24) is 0 Å². The zero-order valence-corrected chi connectivity index (χ0v) is 16.5. The van der Waals surface area contributed by atoms with E-state index in [0.29, 0.717) is 17.0 Å². The predicted molar refractivity (Wildman–Crippen MR) is 107 cm³/mol. The van der Waals surface area contributed by atoms with Crippen LogP contribution in [0.1, 0.15) is 24.2 Å². The van der Waals surface area contributed by atoms with Gasteiger partial charge in [-0.25, -0.2) is 4.79 Å². The molecule has 0 unspecified atom stereocenters. The number of thioether (sulfide) groups is 1. The summed E-state index contributed by atoms with van der Waals surface area (Å²) in [4.78, 5) is 35.7. The van der Waals surface area contributed by atoms with Crippen molar-refractivity contribution >= 4 is 35.2 Å². The minimum absolute atomic E-state index is 0.120. The molecule has 0 spiro atoms. The quantitative estimate of drug-likeness (QED) is 0.493. The van der Waals surface area contributed by atoms with Gasteiger partial charge >= 0.3 is 5.97 Å². The summed E-state index contributed by atoms with van der Waals surface area (Å²) in [6.45, 7) is 3.35. The van der Waals surface area contributed by atoms with Crippen LogP contribution >= 0.6 is 11.8 Å². The molecule has 2 aromatic carbocycles. The number of hydrogen-bond donors (Lipinski definition) is 2. The summed E-state index contributed by atoms with van der Waals surface area (Å²) in [6, 6.07) is 13.5. The molecule has 0 atom stereocenters. The Morgan fingerprint density at radius 1 is 1.07 bits per heavy atom. The van der Waals surface area contributed by atoms with Crippen LogP contribution in [-0.4, -0.2) is 36.2 Å². The van der Waals surface area contributed by atoms with E-state index in [0.717, 1.165) is 4.90 Å². The predicted octanol–water partition coefficient (Wildman–Crippen LogP) is 2.85. The van der Waals surface area contributed by atoms with E-state index in [4.69, 9.17) is 15.2 Å². The zero-order chi connectivity index (χ0) is 20.5. The lowest BCUT2D eigenvalue weighted by Gasteiger charge is -2.11. The molecule has 3 N–H and O–H groups in total. The summed E-state index contributed by atoms with van der Waals surface area (Å²) in [5.74, 6) is -0.628. The number of carbonyl (C=O) groups excluding carboxylic acids is 3. The van der Waals surface area contributed by atoms with E-state index in [1.807, 2.05) is 0 Å². The molecule has 0 saturated carbocycles. The third-order valence-corrected chi connectivity index (χ3v) is 4.43. The van der Waals surface area contributed by atoms with E-state index in [9.17, 15) is 14.4 Å². The fourth-order valence-electron chi connectivity index (χ4n) is 2.15. The smallest absolute Gasteiger partial charge is 0.338 e. The number of rotatable bonds is 9. The number of anilines is 1. The van der Waals surface area contributed by atoms with Crippen LogP contribution in [0.15, 0.2) is 53.4 Å². The van der Waals surface area contributed by atoms with Gasteiger partial charge < -0.3 is 20.5 Å². The van der Waals surface area contributed by atoms with Crippen LogP contribution in [0, 0.1) is 0 Å². The molecule has 2 rings (SSSR count). The summed E-state index contributed by atoms with van der Waals surface area (Å²) < 4.78 is 10.6. The van der Waals surface area contributed by atoms with E-state index in [1.54, 1.807) is 62.4 Å². The maximum atomic E-state index is 12.2. The monoisotopic (exact) mass is 402 g/mol. The lowest BCUT2D eigenvalue weighted by atomic mass is 10.2. The van der Waals surface area contributed by atoms with E-state index < -0.39 is 11.9 Å². The molecule has 0 radical (unpaired) electrons. The van der Waals surface area contributed by atoms with Crippen molar-refractivity contribution in [3.05, 3.63) is 54.1 Å². The molecule has 8 heteroatoms. The molecule has 0 aliphatic rings. The van der Waals surface area contributed by atoms with Crippen molar-refractivity contribution in [3.8, 4) is 5.75 Å². The van der Waals surface area contributed by atoms with Gasteiger partial charge in [-0.15, -0.1) is 11.8 Å². The molecule has 0 heterocycles. The van der Waals surface area contributed by atoms with Gasteiger partial charge in [-0.3, -0.25) is 9.59 Å². The summed E-state index contributed by atoms with van der Waals surface area (Å²) in [5, 5.41) is 2.74. The number of amides is 2. The summed E-state index contributed by atoms with van der Waals surface area (Å²) in [6.07, 6.45) is -0.198. The average Bonchev–Trinajstić information content (AvgIpc) is 2.65. The molecule has 28 heavy (non-hydrogen) atoms. The first kappa shape index (κ1) is 21.3. The van der Waals surface area contributed by atoms with Crippen molar-refractivity contribution in [2.24, 2.45) is 5.73 Å². The molecule has 0 bridgehead atoms. The molecule has 0 aliphatic heterocycles. The normalized spacial score (nSPS) is 10.4. The molecule has 0 saturated heterocycles. The van der Waals surface area contributed by atoms with Crippen molar-refractivity contribution in [1.29, 1.82) is 0 Å². The minimum atomic E-state index is -0.435. The van der Waals surface area contributed by atoms with E-state index in [2.05, 4.69) is 5.32 Å². The van der Waals surface area contributed by atoms with Crippen LogP contribution in [0.5, 0.6) is 5.75 Å². The standard InChI is InChI=1S/C20H22N2O5S/c1-13(2)27-20(25)14-7-9-15(10-8-14)26-11-19(24)22-16-5-3-4-6-17(16)28-12-18(21)23/h3-10,13H,11-12H2,1-2H3,(H2,21,23)(H,22,24). The van der Waals surface area contributed by atoms with Crippen molar-refractivity contribution in [2.45, 2.75) is 24.8 Å². The van der Waals surface area contributed by atoms with Gasteiger partial charge in [0.05, 0.1) is 23.1 Å². The highest BCUT2D eigenvalue weighted by Gasteiger charge is 2.11. The average molecular weight is 402 g/mol. The number of nitrogens with one attached hydrogen (secondary N) is 1. The molecule has 0 fully saturated rings. The fourth-order valence-corrected chi connectivity index (χ4v) is 2.90. The fraction of sp³-hybridized carbons (Fsp3) is 0.250. The Morgan fingerprint density at radius 3 is 2.39 bits per heavy atom. The first-order valence-electron chi connectivity index (χ1n) is 8.59. The number of benzene rings is 2. The second-order valence-corrected chi connectivity index (χ2v) is 7.08. The van der Waals surface area contributed by atoms with Gasteiger partial charge in [-0.2, -0.15) is 0 Å². The van der Waals surface area contributed by atoms with Crippen LogP contribution < -0.4 is 15.8 Å². The highest BCUT2D eigenvalue weighted by atomic mass is 32.2. The lowest BCUT2D eigenvalue weighted by molar-refractivity contribution is -0.118. The Labute approximate surface area is 167 Å². The summed E-state index contributed by atoms with van der Waals surface area (Å²) in [5.41, 5.74) is 6.15. The molecule has 148 valence electrons. The molecule has 0 aliphatic carbocycles.